The molecule has 2 aromatic heterocycles. The van der Waals surface area contributed by atoms with E-state index in [1.165, 1.54) is 6.39 Å². The van der Waals surface area contributed by atoms with Crippen LogP contribution in [-0.4, -0.2) is 26.7 Å². The molecule has 17 heavy (non-hydrogen) atoms. The van der Waals surface area contributed by atoms with E-state index in [4.69, 9.17) is 18.0 Å². The Kier molecular flexibility index (Phi) is 3.61. The van der Waals surface area contributed by atoms with Gasteiger partial charge in [-0.2, -0.15) is 4.98 Å². The number of aromatic nitrogens is 3. The lowest BCUT2D eigenvalue weighted by Gasteiger charge is -2.09. The van der Waals surface area contributed by atoms with Crippen LogP contribution in [0.4, 0.5) is 5.69 Å². The van der Waals surface area contributed by atoms with E-state index in [0.717, 1.165) is 11.3 Å². The third kappa shape index (κ3) is 2.97. The summed E-state index contributed by atoms with van der Waals surface area (Å²) in [4.78, 5) is 8.28. The monoisotopic (exact) mass is 249 g/mol. The molecular formula is C10H11N5OS. The van der Waals surface area contributed by atoms with Crippen molar-refractivity contribution in [3.05, 3.63) is 36.2 Å². The van der Waals surface area contributed by atoms with E-state index >= 15 is 0 Å². The fourth-order valence-corrected chi connectivity index (χ4v) is 1.54. The van der Waals surface area contributed by atoms with Crippen molar-refractivity contribution >= 4 is 22.9 Å². The molecule has 2 aromatic rings. The Morgan fingerprint density at radius 3 is 3.12 bits per heavy atom. The lowest BCUT2D eigenvalue weighted by molar-refractivity contribution is 0.410. The van der Waals surface area contributed by atoms with E-state index in [-0.39, 0.29) is 0 Å². The van der Waals surface area contributed by atoms with Crippen LogP contribution in [-0.2, 0) is 6.42 Å². The number of hydrogen-bond acceptors (Lipinski definition) is 6. The highest BCUT2D eigenvalue weighted by atomic mass is 32.1. The Bertz CT molecular complexity index is 499. The molecule has 0 aliphatic rings. The summed E-state index contributed by atoms with van der Waals surface area (Å²) < 4.78 is 4.64. The summed E-state index contributed by atoms with van der Waals surface area (Å²) in [6.45, 7) is 0.654. The molecule has 0 fully saturated rings. The molecule has 88 valence electrons. The molecule has 7 heteroatoms. The molecule has 0 atom stereocenters. The van der Waals surface area contributed by atoms with Crippen LogP contribution < -0.4 is 11.1 Å². The molecule has 0 unspecified atom stereocenters. The second kappa shape index (κ2) is 5.35. The normalized spacial score (nSPS) is 10.1. The molecule has 0 saturated carbocycles. The summed E-state index contributed by atoms with van der Waals surface area (Å²) in [7, 11) is 0. The van der Waals surface area contributed by atoms with Gasteiger partial charge in [0.2, 0.25) is 6.39 Å². The Hall–Kier alpha value is -2.02. The number of nitrogens with two attached hydrogens (primary N) is 1. The first-order valence-electron chi connectivity index (χ1n) is 5.00. The third-order valence-corrected chi connectivity index (χ3v) is 2.38. The molecule has 0 aliphatic heterocycles. The van der Waals surface area contributed by atoms with E-state index < -0.39 is 0 Å². The third-order valence-electron chi connectivity index (χ3n) is 2.16. The molecule has 3 N–H and O–H groups in total. The lowest BCUT2D eigenvalue weighted by Crippen LogP contribution is -2.15. The average molecular weight is 249 g/mol. The van der Waals surface area contributed by atoms with Crippen molar-refractivity contribution in [2.24, 2.45) is 5.73 Å². The van der Waals surface area contributed by atoms with Crippen LogP contribution >= 0.6 is 12.2 Å². The first-order chi connectivity index (χ1) is 8.27. The van der Waals surface area contributed by atoms with Crippen molar-refractivity contribution in [1.29, 1.82) is 0 Å². The molecular weight excluding hydrogens is 238 g/mol. The molecule has 0 aliphatic carbocycles. The van der Waals surface area contributed by atoms with Gasteiger partial charge in [0.1, 0.15) is 4.99 Å². The van der Waals surface area contributed by atoms with Crippen LogP contribution in [0.3, 0.4) is 0 Å². The lowest BCUT2D eigenvalue weighted by atomic mass is 10.2. The van der Waals surface area contributed by atoms with Crippen LogP contribution in [0.1, 0.15) is 11.4 Å². The van der Waals surface area contributed by atoms with Gasteiger partial charge in [-0.1, -0.05) is 17.4 Å². The van der Waals surface area contributed by atoms with E-state index in [1.807, 2.05) is 0 Å². The molecule has 0 amide bonds. The standard InChI is InChI=1S/C10H11N5OS/c11-10(17)7-1-3-12-5-8(7)13-4-2-9-14-6-16-15-9/h1,3,5-6,13H,2,4H2,(H2,11,17). The first-order valence-corrected chi connectivity index (χ1v) is 5.41. The van der Waals surface area contributed by atoms with Crippen LogP contribution in [0.2, 0.25) is 0 Å². The zero-order valence-corrected chi connectivity index (χ0v) is 9.78. The van der Waals surface area contributed by atoms with Crippen molar-refractivity contribution in [3.63, 3.8) is 0 Å². The number of nitrogens with zero attached hydrogens (tertiary/aromatic N) is 3. The van der Waals surface area contributed by atoms with Gasteiger partial charge < -0.3 is 15.6 Å². The summed E-state index contributed by atoms with van der Waals surface area (Å²) in [5.41, 5.74) is 7.19. The molecule has 0 aromatic carbocycles. The molecule has 2 heterocycles. The maximum absolute atomic E-state index is 5.60. The Morgan fingerprint density at radius 1 is 1.53 bits per heavy atom. The van der Waals surface area contributed by atoms with Gasteiger partial charge in [0.15, 0.2) is 5.82 Å². The summed E-state index contributed by atoms with van der Waals surface area (Å²) in [5.74, 6) is 0.651. The molecule has 0 bridgehead atoms. The van der Waals surface area contributed by atoms with Crippen molar-refractivity contribution in [1.82, 2.24) is 15.1 Å². The van der Waals surface area contributed by atoms with Gasteiger partial charge in [-0.25, -0.2) is 0 Å². The first kappa shape index (κ1) is 11.5. The van der Waals surface area contributed by atoms with Gasteiger partial charge in [-0.15, -0.1) is 0 Å². The summed E-state index contributed by atoms with van der Waals surface area (Å²) >= 11 is 4.95. The highest BCUT2D eigenvalue weighted by Gasteiger charge is 2.04. The molecule has 2 rings (SSSR count). The van der Waals surface area contributed by atoms with Crippen molar-refractivity contribution in [2.75, 3.05) is 11.9 Å². The average Bonchev–Trinajstić information content (AvgIpc) is 2.82. The smallest absolute Gasteiger partial charge is 0.213 e. The predicted octanol–water partition coefficient (Wildman–Crippen LogP) is 0.753. The molecule has 0 radical (unpaired) electrons. The fraction of sp³-hybridized carbons (Fsp3) is 0.200. The Balaban J connectivity index is 1.97. The minimum Gasteiger partial charge on any atom is -0.389 e. The van der Waals surface area contributed by atoms with Gasteiger partial charge in [0.25, 0.3) is 0 Å². The summed E-state index contributed by atoms with van der Waals surface area (Å²) in [5, 5.41) is 6.89. The van der Waals surface area contributed by atoms with E-state index in [1.54, 1.807) is 18.5 Å². The van der Waals surface area contributed by atoms with E-state index in [2.05, 4.69) is 25.0 Å². The second-order valence-corrected chi connectivity index (χ2v) is 3.75. The predicted molar refractivity (Wildman–Crippen MR) is 66.6 cm³/mol. The molecule has 0 spiro atoms. The Labute approximate surface area is 103 Å². The van der Waals surface area contributed by atoms with Gasteiger partial charge >= 0.3 is 0 Å². The number of anilines is 1. The van der Waals surface area contributed by atoms with Crippen LogP contribution in [0.15, 0.2) is 29.4 Å². The maximum atomic E-state index is 5.60. The minimum absolute atomic E-state index is 0.342. The van der Waals surface area contributed by atoms with Crippen molar-refractivity contribution in [2.45, 2.75) is 6.42 Å². The van der Waals surface area contributed by atoms with Crippen LogP contribution in [0.25, 0.3) is 0 Å². The fourth-order valence-electron chi connectivity index (χ4n) is 1.36. The zero-order valence-electron chi connectivity index (χ0n) is 8.96. The minimum atomic E-state index is 0.342. The maximum Gasteiger partial charge on any atom is 0.213 e. The highest BCUT2D eigenvalue weighted by Crippen LogP contribution is 2.12. The molecule has 6 nitrogen and oxygen atoms in total. The van der Waals surface area contributed by atoms with Gasteiger partial charge in [0.05, 0.1) is 11.9 Å². The summed E-state index contributed by atoms with van der Waals surface area (Å²) in [6, 6.07) is 1.78. The van der Waals surface area contributed by atoms with Crippen LogP contribution in [0.5, 0.6) is 0 Å². The van der Waals surface area contributed by atoms with E-state index in [0.29, 0.717) is 23.8 Å². The topological polar surface area (TPSA) is 89.9 Å². The number of thiocarbonyl (C=S) groups is 1. The molecule has 0 saturated heterocycles. The van der Waals surface area contributed by atoms with Crippen molar-refractivity contribution < 1.29 is 4.52 Å². The largest absolute Gasteiger partial charge is 0.389 e. The van der Waals surface area contributed by atoms with E-state index in [9.17, 15) is 0 Å². The van der Waals surface area contributed by atoms with Crippen LogP contribution in [0, 0.1) is 0 Å². The number of rotatable bonds is 5. The zero-order chi connectivity index (χ0) is 12.1. The van der Waals surface area contributed by atoms with Gasteiger partial charge in [-0.3, -0.25) is 4.98 Å². The van der Waals surface area contributed by atoms with Gasteiger partial charge in [-0.05, 0) is 6.07 Å². The number of hydrogen-bond donors (Lipinski definition) is 2. The quantitative estimate of drug-likeness (QED) is 0.756. The summed E-state index contributed by atoms with van der Waals surface area (Å²) in [6.07, 6.45) is 5.30. The second-order valence-electron chi connectivity index (χ2n) is 3.31. The van der Waals surface area contributed by atoms with Gasteiger partial charge in [0, 0.05) is 24.7 Å². The van der Waals surface area contributed by atoms with Crippen molar-refractivity contribution in [3.8, 4) is 0 Å². The number of pyridine rings is 1. The Morgan fingerprint density at radius 2 is 2.41 bits per heavy atom. The number of nitrogens with one attached hydrogen (secondary N) is 1. The highest BCUT2D eigenvalue weighted by molar-refractivity contribution is 7.80. The SMILES string of the molecule is NC(=S)c1ccncc1NCCc1ncon1.